The highest BCUT2D eigenvalue weighted by atomic mass is 19.1. The molecule has 0 saturated carbocycles. The molecule has 5 nitrogen and oxygen atoms in total. The minimum absolute atomic E-state index is 0.0836. The minimum atomic E-state index is -0.412. The third-order valence-electron chi connectivity index (χ3n) is 4.78. The van der Waals surface area contributed by atoms with E-state index in [1.807, 2.05) is 6.07 Å². The van der Waals surface area contributed by atoms with Crippen molar-refractivity contribution in [1.29, 1.82) is 0 Å². The lowest BCUT2D eigenvalue weighted by molar-refractivity contribution is -0.116. The van der Waals surface area contributed by atoms with Crippen molar-refractivity contribution in [2.24, 2.45) is 5.92 Å². The zero-order valence-corrected chi connectivity index (χ0v) is 14.8. The fraction of sp³-hybridized carbons (Fsp3) is 0.450. The van der Waals surface area contributed by atoms with Gasteiger partial charge in [-0.1, -0.05) is 12.1 Å². The van der Waals surface area contributed by atoms with E-state index < -0.39 is 5.82 Å². The first-order chi connectivity index (χ1) is 12.6. The Bertz CT molecular complexity index is 731. The van der Waals surface area contributed by atoms with Crippen molar-refractivity contribution in [1.82, 2.24) is 4.90 Å². The average molecular weight is 360 g/mol. The summed E-state index contributed by atoms with van der Waals surface area (Å²) in [5.41, 5.74) is 0.236. The summed E-state index contributed by atoms with van der Waals surface area (Å²) in [5.74, 6) is 1.32. The third-order valence-corrected chi connectivity index (χ3v) is 4.78. The third kappa shape index (κ3) is 5.16. The Morgan fingerprint density at radius 3 is 2.85 bits per heavy atom. The molecule has 6 heteroatoms. The van der Waals surface area contributed by atoms with Crippen molar-refractivity contribution in [3.63, 3.8) is 0 Å². The highest BCUT2D eigenvalue weighted by Gasteiger charge is 2.21. The molecule has 1 saturated heterocycles. The normalized spacial score (nSPS) is 18.0. The number of anilines is 1. The number of carbonyl (C=O) groups excluding carboxylic acids is 1. The van der Waals surface area contributed by atoms with Gasteiger partial charge in [0.15, 0.2) is 0 Å². The van der Waals surface area contributed by atoms with Gasteiger partial charge in [0.25, 0.3) is 0 Å². The maximum atomic E-state index is 13.6. The first-order valence-electron chi connectivity index (χ1n) is 9.09. The first kappa shape index (κ1) is 18.6. The zero-order chi connectivity index (χ0) is 18.4. The van der Waals surface area contributed by atoms with Gasteiger partial charge in [-0.3, -0.25) is 9.69 Å². The van der Waals surface area contributed by atoms with Gasteiger partial charge in [-0.2, -0.15) is 0 Å². The first-order valence-corrected chi connectivity index (χ1v) is 9.09. The lowest BCUT2D eigenvalue weighted by Crippen LogP contribution is -2.35. The SMILES string of the molecule is O=C(CC[C@@H]1CCCN(Cc2ccc(CO)o2)C1)Nc1ccccc1F. The molecule has 140 valence electrons. The van der Waals surface area contributed by atoms with Gasteiger partial charge < -0.3 is 14.8 Å². The van der Waals surface area contributed by atoms with Crippen molar-refractivity contribution in [2.45, 2.75) is 38.8 Å². The fourth-order valence-corrected chi connectivity index (χ4v) is 3.45. The molecule has 1 amide bonds. The van der Waals surface area contributed by atoms with E-state index in [1.54, 1.807) is 24.3 Å². The van der Waals surface area contributed by atoms with Crippen LogP contribution in [-0.2, 0) is 17.9 Å². The van der Waals surface area contributed by atoms with Gasteiger partial charge in [0.1, 0.15) is 23.9 Å². The van der Waals surface area contributed by atoms with Crippen LogP contribution in [0.4, 0.5) is 10.1 Å². The topological polar surface area (TPSA) is 65.7 Å². The molecule has 1 fully saturated rings. The molecule has 1 aliphatic heterocycles. The van der Waals surface area contributed by atoms with Crippen LogP contribution in [-0.4, -0.2) is 29.0 Å². The highest BCUT2D eigenvalue weighted by molar-refractivity contribution is 5.90. The summed E-state index contributed by atoms with van der Waals surface area (Å²) in [4.78, 5) is 14.4. The molecule has 26 heavy (non-hydrogen) atoms. The number of hydrogen-bond acceptors (Lipinski definition) is 4. The smallest absolute Gasteiger partial charge is 0.224 e. The number of halogens is 1. The van der Waals surface area contributed by atoms with Crippen LogP contribution >= 0.6 is 0 Å². The molecule has 0 bridgehead atoms. The molecule has 0 aliphatic carbocycles. The number of aliphatic hydroxyl groups excluding tert-OH is 1. The van der Waals surface area contributed by atoms with Crippen LogP contribution in [0.5, 0.6) is 0 Å². The predicted molar refractivity (Wildman–Crippen MR) is 96.9 cm³/mol. The molecule has 1 atom stereocenters. The van der Waals surface area contributed by atoms with Crippen molar-refractivity contribution in [3.05, 3.63) is 53.7 Å². The molecule has 2 heterocycles. The predicted octanol–water partition coefficient (Wildman–Crippen LogP) is 3.54. The van der Waals surface area contributed by atoms with Gasteiger partial charge in [0.05, 0.1) is 12.2 Å². The number of carbonyl (C=O) groups is 1. The van der Waals surface area contributed by atoms with Crippen molar-refractivity contribution < 1.29 is 18.7 Å². The van der Waals surface area contributed by atoms with Gasteiger partial charge in [-0.15, -0.1) is 0 Å². The number of hydrogen-bond donors (Lipinski definition) is 2. The Labute approximate surface area is 152 Å². The number of aliphatic hydroxyl groups is 1. The summed E-state index contributed by atoms with van der Waals surface area (Å²) in [5, 5.41) is 11.7. The monoisotopic (exact) mass is 360 g/mol. The lowest BCUT2D eigenvalue weighted by atomic mass is 9.93. The summed E-state index contributed by atoms with van der Waals surface area (Å²) in [6.45, 7) is 2.56. The Hall–Kier alpha value is -2.18. The number of piperidine rings is 1. The number of nitrogens with zero attached hydrogens (tertiary/aromatic N) is 1. The van der Waals surface area contributed by atoms with Gasteiger partial charge in [0, 0.05) is 13.0 Å². The van der Waals surface area contributed by atoms with Gasteiger partial charge >= 0.3 is 0 Å². The van der Waals surface area contributed by atoms with Crippen molar-refractivity contribution >= 4 is 11.6 Å². The van der Waals surface area contributed by atoms with Crippen LogP contribution in [0.2, 0.25) is 0 Å². The van der Waals surface area contributed by atoms with E-state index in [1.165, 1.54) is 6.07 Å². The summed E-state index contributed by atoms with van der Waals surface area (Å²) >= 11 is 0. The van der Waals surface area contributed by atoms with E-state index in [0.717, 1.165) is 44.7 Å². The Kier molecular flexibility index (Phi) is 6.41. The molecule has 2 aromatic rings. The zero-order valence-electron chi connectivity index (χ0n) is 14.8. The molecule has 3 rings (SSSR count). The molecule has 0 radical (unpaired) electrons. The summed E-state index contributed by atoms with van der Waals surface area (Å²) in [6.07, 6.45) is 3.37. The molecule has 0 spiro atoms. The largest absolute Gasteiger partial charge is 0.462 e. The van der Waals surface area contributed by atoms with E-state index in [-0.39, 0.29) is 18.2 Å². The van der Waals surface area contributed by atoms with E-state index in [9.17, 15) is 9.18 Å². The quantitative estimate of drug-likeness (QED) is 0.793. The molecule has 1 aromatic heterocycles. The maximum absolute atomic E-state index is 13.6. The average Bonchev–Trinajstić information content (AvgIpc) is 3.10. The second-order valence-electron chi connectivity index (χ2n) is 6.84. The molecule has 2 N–H and O–H groups in total. The second kappa shape index (κ2) is 8.96. The number of nitrogens with one attached hydrogen (secondary N) is 1. The number of para-hydroxylation sites is 1. The Balaban J connectivity index is 1.44. The second-order valence-corrected chi connectivity index (χ2v) is 6.84. The van der Waals surface area contributed by atoms with E-state index >= 15 is 0 Å². The van der Waals surface area contributed by atoms with Crippen LogP contribution in [0.1, 0.15) is 37.2 Å². The standard InChI is InChI=1S/C20H25FN2O3/c21-18-5-1-2-6-19(18)22-20(25)10-7-15-4-3-11-23(12-15)13-16-8-9-17(14-24)26-16/h1-2,5-6,8-9,15,24H,3-4,7,10-14H2,(H,22,25)/t15-/m0/s1. The summed E-state index contributed by atoms with van der Waals surface area (Å²) < 4.78 is 19.1. The fourth-order valence-electron chi connectivity index (χ4n) is 3.45. The van der Waals surface area contributed by atoms with E-state index in [4.69, 9.17) is 9.52 Å². The Morgan fingerprint density at radius 1 is 1.27 bits per heavy atom. The van der Waals surface area contributed by atoms with Crippen LogP contribution in [0.25, 0.3) is 0 Å². The van der Waals surface area contributed by atoms with E-state index in [0.29, 0.717) is 18.1 Å². The minimum Gasteiger partial charge on any atom is -0.462 e. The number of rotatable bonds is 7. The van der Waals surface area contributed by atoms with Crippen LogP contribution in [0.15, 0.2) is 40.8 Å². The molecule has 1 aliphatic rings. The van der Waals surface area contributed by atoms with Crippen LogP contribution < -0.4 is 5.32 Å². The lowest BCUT2D eigenvalue weighted by Gasteiger charge is -2.32. The van der Waals surface area contributed by atoms with Crippen molar-refractivity contribution in [2.75, 3.05) is 18.4 Å². The highest BCUT2D eigenvalue weighted by Crippen LogP contribution is 2.23. The summed E-state index contributed by atoms with van der Waals surface area (Å²) in [7, 11) is 0. The number of amides is 1. The van der Waals surface area contributed by atoms with Gasteiger partial charge in [-0.25, -0.2) is 4.39 Å². The summed E-state index contributed by atoms with van der Waals surface area (Å²) in [6, 6.07) is 9.91. The van der Waals surface area contributed by atoms with Crippen LogP contribution in [0.3, 0.4) is 0 Å². The maximum Gasteiger partial charge on any atom is 0.224 e. The van der Waals surface area contributed by atoms with Crippen molar-refractivity contribution in [3.8, 4) is 0 Å². The molecular weight excluding hydrogens is 335 g/mol. The van der Waals surface area contributed by atoms with Gasteiger partial charge in [0.2, 0.25) is 5.91 Å². The van der Waals surface area contributed by atoms with E-state index in [2.05, 4.69) is 10.2 Å². The van der Waals surface area contributed by atoms with Crippen LogP contribution in [0, 0.1) is 11.7 Å². The molecule has 1 aromatic carbocycles. The Morgan fingerprint density at radius 2 is 2.08 bits per heavy atom. The van der Waals surface area contributed by atoms with Gasteiger partial charge in [-0.05, 0) is 56.0 Å². The number of benzene rings is 1. The molecule has 0 unspecified atom stereocenters. The molecular formula is C20H25FN2O3. The number of likely N-dealkylation sites (tertiary alicyclic amines) is 1. The number of furan rings is 1.